The summed E-state index contributed by atoms with van der Waals surface area (Å²) in [5.41, 5.74) is 2.22. The van der Waals surface area contributed by atoms with Gasteiger partial charge in [-0.2, -0.15) is 0 Å². The predicted octanol–water partition coefficient (Wildman–Crippen LogP) is 5.51. The molecule has 0 fully saturated rings. The SMILES string of the molecule is O=C1OC(c2cccc(F)c2)=N/C1=C\c1ccccc1OCc1ccccc1Br. The Hall–Kier alpha value is -3.25. The van der Waals surface area contributed by atoms with Gasteiger partial charge in [0.05, 0.1) is 0 Å². The number of hydrogen-bond acceptors (Lipinski definition) is 4. The summed E-state index contributed by atoms with van der Waals surface area (Å²) in [5.74, 6) is -0.334. The third kappa shape index (κ3) is 4.43. The van der Waals surface area contributed by atoms with Gasteiger partial charge >= 0.3 is 5.97 Å². The Morgan fingerprint density at radius 2 is 1.83 bits per heavy atom. The summed E-state index contributed by atoms with van der Waals surface area (Å²) in [6.45, 7) is 0.365. The molecule has 29 heavy (non-hydrogen) atoms. The highest BCUT2D eigenvalue weighted by atomic mass is 79.9. The van der Waals surface area contributed by atoms with E-state index in [0.29, 0.717) is 23.5 Å². The van der Waals surface area contributed by atoms with E-state index in [9.17, 15) is 9.18 Å². The molecule has 1 aliphatic heterocycles. The topological polar surface area (TPSA) is 47.9 Å². The largest absolute Gasteiger partial charge is 0.488 e. The maximum Gasteiger partial charge on any atom is 0.363 e. The fraction of sp³-hybridized carbons (Fsp3) is 0.0435. The Bertz CT molecular complexity index is 1140. The number of nitrogens with zero attached hydrogens (tertiary/aromatic N) is 1. The lowest BCUT2D eigenvalue weighted by Gasteiger charge is -2.10. The molecule has 144 valence electrons. The molecule has 0 N–H and O–H groups in total. The van der Waals surface area contributed by atoms with Crippen molar-refractivity contribution in [1.29, 1.82) is 0 Å². The molecule has 0 aromatic heterocycles. The first kappa shape index (κ1) is 19.1. The van der Waals surface area contributed by atoms with Crippen molar-refractivity contribution >= 4 is 33.9 Å². The van der Waals surface area contributed by atoms with Crippen molar-refractivity contribution in [3.8, 4) is 5.75 Å². The Morgan fingerprint density at radius 3 is 2.66 bits per heavy atom. The molecule has 6 heteroatoms. The lowest BCUT2D eigenvalue weighted by atomic mass is 10.1. The van der Waals surface area contributed by atoms with Crippen molar-refractivity contribution in [2.45, 2.75) is 6.61 Å². The molecule has 0 radical (unpaired) electrons. The zero-order valence-corrected chi connectivity index (χ0v) is 16.7. The van der Waals surface area contributed by atoms with Crippen LogP contribution in [0.15, 0.2) is 88.0 Å². The van der Waals surface area contributed by atoms with Crippen LogP contribution in [0, 0.1) is 5.82 Å². The first-order valence-corrected chi connectivity index (χ1v) is 9.63. The van der Waals surface area contributed by atoms with Crippen LogP contribution in [0.1, 0.15) is 16.7 Å². The van der Waals surface area contributed by atoms with Crippen LogP contribution >= 0.6 is 15.9 Å². The summed E-state index contributed by atoms with van der Waals surface area (Å²) in [7, 11) is 0. The monoisotopic (exact) mass is 451 g/mol. The number of carbonyl (C=O) groups excluding carboxylic acids is 1. The summed E-state index contributed by atoms with van der Waals surface area (Å²) < 4.78 is 25.5. The van der Waals surface area contributed by atoms with Gasteiger partial charge in [0.25, 0.3) is 0 Å². The minimum atomic E-state index is -0.593. The second-order valence-corrected chi connectivity index (χ2v) is 7.12. The quantitative estimate of drug-likeness (QED) is 0.379. The van der Waals surface area contributed by atoms with Crippen molar-refractivity contribution < 1.29 is 18.7 Å². The van der Waals surface area contributed by atoms with Crippen molar-refractivity contribution in [2.75, 3.05) is 0 Å². The van der Waals surface area contributed by atoms with Crippen molar-refractivity contribution in [2.24, 2.45) is 4.99 Å². The van der Waals surface area contributed by atoms with Crippen molar-refractivity contribution in [3.63, 3.8) is 0 Å². The van der Waals surface area contributed by atoms with Crippen LogP contribution in [-0.4, -0.2) is 11.9 Å². The summed E-state index contributed by atoms with van der Waals surface area (Å²) in [4.78, 5) is 16.5. The smallest absolute Gasteiger partial charge is 0.363 e. The summed E-state index contributed by atoms with van der Waals surface area (Å²) in [5, 5.41) is 0. The minimum Gasteiger partial charge on any atom is -0.488 e. The van der Waals surface area contributed by atoms with E-state index in [4.69, 9.17) is 9.47 Å². The average Bonchev–Trinajstić information content (AvgIpc) is 3.09. The zero-order chi connectivity index (χ0) is 20.2. The van der Waals surface area contributed by atoms with E-state index in [0.717, 1.165) is 10.0 Å². The van der Waals surface area contributed by atoms with Crippen LogP contribution in [-0.2, 0) is 16.1 Å². The van der Waals surface area contributed by atoms with Crippen LogP contribution in [0.25, 0.3) is 6.08 Å². The predicted molar refractivity (Wildman–Crippen MR) is 112 cm³/mol. The van der Waals surface area contributed by atoms with Gasteiger partial charge in [0.1, 0.15) is 18.2 Å². The van der Waals surface area contributed by atoms with Crippen molar-refractivity contribution in [1.82, 2.24) is 0 Å². The van der Waals surface area contributed by atoms with Crippen LogP contribution in [0.3, 0.4) is 0 Å². The van der Waals surface area contributed by atoms with E-state index >= 15 is 0 Å². The van der Waals surface area contributed by atoms with Gasteiger partial charge in [-0.3, -0.25) is 0 Å². The molecule has 3 aromatic rings. The van der Waals surface area contributed by atoms with Gasteiger partial charge in [-0.25, -0.2) is 14.2 Å². The molecule has 0 saturated heterocycles. The number of carbonyl (C=O) groups is 1. The molecular weight excluding hydrogens is 437 g/mol. The zero-order valence-electron chi connectivity index (χ0n) is 15.1. The van der Waals surface area contributed by atoms with E-state index in [-0.39, 0.29) is 11.6 Å². The average molecular weight is 452 g/mol. The second kappa shape index (κ2) is 8.41. The molecule has 3 aromatic carbocycles. The van der Waals surface area contributed by atoms with E-state index in [1.807, 2.05) is 48.5 Å². The van der Waals surface area contributed by atoms with Crippen molar-refractivity contribution in [3.05, 3.63) is 105 Å². The highest BCUT2D eigenvalue weighted by molar-refractivity contribution is 9.10. The Kier molecular flexibility index (Phi) is 5.53. The minimum absolute atomic E-state index is 0.0763. The molecule has 0 unspecified atom stereocenters. The third-order valence-corrected chi connectivity index (χ3v) is 5.02. The van der Waals surface area contributed by atoms with Crippen LogP contribution in [0.4, 0.5) is 4.39 Å². The van der Waals surface area contributed by atoms with E-state index in [2.05, 4.69) is 20.9 Å². The fourth-order valence-electron chi connectivity index (χ4n) is 2.80. The van der Waals surface area contributed by atoms with Gasteiger partial charge in [-0.15, -0.1) is 0 Å². The second-order valence-electron chi connectivity index (χ2n) is 6.26. The van der Waals surface area contributed by atoms with E-state index < -0.39 is 11.8 Å². The first-order chi connectivity index (χ1) is 14.1. The highest BCUT2D eigenvalue weighted by Gasteiger charge is 2.24. The molecular formula is C23H15BrFNO3. The maximum atomic E-state index is 13.4. The van der Waals surface area contributed by atoms with Gasteiger partial charge < -0.3 is 9.47 Å². The van der Waals surface area contributed by atoms with Gasteiger partial charge in [-0.1, -0.05) is 58.4 Å². The number of cyclic esters (lactones) is 1. The van der Waals surface area contributed by atoms with E-state index in [1.54, 1.807) is 12.1 Å². The maximum absolute atomic E-state index is 13.4. The Morgan fingerprint density at radius 1 is 1.03 bits per heavy atom. The van der Waals surface area contributed by atoms with E-state index in [1.165, 1.54) is 18.2 Å². The molecule has 0 bridgehead atoms. The number of aliphatic imine (C=N–C) groups is 1. The molecule has 4 nitrogen and oxygen atoms in total. The number of hydrogen-bond donors (Lipinski definition) is 0. The Balaban J connectivity index is 1.59. The molecule has 0 saturated carbocycles. The number of esters is 1. The molecule has 1 heterocycles. The molecule has 1 aliphatic rings. The molecule has 0 amide bonds. The molecule has 4 rings (SSSR count). The van der Waals surface area contributed by atoms with Gasteiger partial charge in [-0.05, 0) is 36.4 Å². The van der Waals surface area contributed by atoms with Crippen LogP contribution in [0.2, 0.25) is 0 Å². The van der Waals surface area contributed by atoms with Crippen LogP contribution < -0.4 is 4.74 Å². The number of para-hydroxylation sites is 1. The number of ether oxygens (including phenoxy) is 2. The first-order valence-electron chi connectivity index (χ1n) is 8.84. The summed E-state index contributed by atoms with van der Waals surface area (Å²) >= 11 is 3.50. The van der Waals surface area contributed by atoms with Gasteiger partial charge in [0.15, 0.2) is 5.70 Å². The number of halogens is 2. The summed E-state index contributed by atoms with van der Waals surface area (Å²) in [6.07, 6.45) is 1.60. The molecule has 0 spiro atoms. The fourth-order valence-corrected chi connectivity index (χ4v) is 3.20. The molecule has 0 atom stereocenters. The highest BCUT2D eigenvalue weighted by Crippen LogP contribution is 2.26. The van der Waals surface area contributed by atoms with Crippen LogP contribution in [0.5, 0.6) is 5.75 Å². The summed E-state index contributed by atoms with van der Waals surface area (Å²) in [6, 6.07) is 20.9. The normalized spacial score (nSPS) is 14.6. The Labute approximate surface area is 175 Å². The molecule has 0 aliphatic carbocycles. The lowest BCUT2D eigenvalue weighted by Crippen LogP contribution is -2.05. The standard InChI is InChI=1S/C23H15BrFNO3/c24-19-10-3-1-7-17(19)14-28-21-11-4-2-6-15(21)13-20-23(27)29-22(26-20)16-8-5-9-18(25)12-16/h1-13H,14H2/b20-13-. The third-order valence-electron chi connectivity index (χ3n) is 4.24. The number of benzene rings is 3. The van der Waals surface area contributed by atoms with Gasteiger partial charge in [0.2, 0.25) is 5.90 Å². The van der Waals surface area contributed by atoms with Gasteiger partial charge in [0, 0.05) is 21.2 Å². The number of rotatable bonds is 5. The lowest BCUT2D eigenvalue weighted by molar-refractivity contribution is -0.129.